The van der Waals surface area contributed by atoms with Crippen LogP contribution in [0.1, 0.15) is 27.8 Å². The molecule has 0 spiro atoms. The van der Waals surface area contributed by atoms with Gasteiger partial charge >= 0.3 is 0 Å². The Bertz CT molecular complexity index is 2620. The van der Waals surface area contributed by atoms with E-state index in [4.69, 9.17) is 0 Å². The predicted octanol–water partition coefficient (Wildman–Crippen LogP) is 9.17. The van der Waals surface area contributed by atoms with Crippen molar-refractivity contribution < 1.29 is 0 Å². The zero-order valence-corrected chi connectivity index (χ0v) is 25.1. The van der Waals surface area contributed by atoms with Gasteiger partial charge in [0, 0.05) is 45.2 Å². The van der Waals surface area contributed by atoms with E-state index in [0.29, 0.717) is 16.7 Å². The summed E-state index contributed by atoms with van der Waals surface area (Å²) in [5.74, 6) is 0. The van der Waals surface area contributed by atoms with Crippen LogP contribution in [-0.2, 0) is 0 Å². The number of hydrogen-bond donors (Lipinski definition) is 0. The molecule has 0 radical (unpaired) electrons. The summed E-state index contributed by atoms with van der Waals surface area (Å²) >= 11 is 0. The number of aromatic nitrogens is 3. The molecular weight excluding hydrogens is 564 g/mol. The van der Waals surface area contributed by atoms with Crippen LogP contribution in [0.15, 0.2) is 109 Å². The van der Waals surface area contributed by atoms with E-state index in [1.807, 2.05) is 66.7 Å². The normalized spacial score (nSPS) is 11.2. The number of nitriles is 3. The lowest BCUT2D eigenvalue weighted by Gasteiger charge is -2.19. The Labute approximate surface area is 264 Å². The van der Waals surface area contributed by atoms with Crippen molar-refractivity contribution in [1.82, 2.24) is 14.1 Å². The van der Waals surface area contributed by atoms with Crippen LogP contribution in [0.2, 0.25) is 0 Å². The van der Waals surface area contributed by atoms with Gasteiger partial charge in [-0.05, 0) is 116 Å². The zero-order valence-electron chi connectivity index (χ0n) is 25.1. The minimum atomic E-state index is 0.566. The lowest BCUT2D eigenvalue weighted by atomic mass is 10.00. The smallest absolute Gasteiger partial charge is 0.0991 e. The van der Waals surface area contributed by atoms with Gasteiger partial charge in [0.1, 0.15) is 0 Å². The first-order valence-electron chi connectivity index (χ1n) is 14.9. The standard InChI is InChI=1S/C40H24N6/c1-24-3-7-35-31(15-24)32-17-26(21-41)4-8-36(32)45(35)39-20-30(29-11-13-44-14-12-29)40(16-25(39)2)46-37-9-5-27(22-42)18-33(37)34-19-28(23-43)6-10-38(34)46/h3-20H,1-2H3. The molecule has 0 amide bonds. The van der Waals surface area contributed by atoms with Crippen molar-refractivity contribution in [3.63, 3.8) is 0 Å². The number of pyridine rings is 1. The quantitative estimate of drug-likeness (QED) is 0.206. The Morgan fingerprint density at radius 1 is 0.500 bits per heavy atom. The molecule has 214 valence electrons. The molecular formula is C40H24N6. The van der Waals surface area contributed by atoms with Crippen LogP contribution in [0.3, 0.4) is 0 Å². The SMILES string of the molecule is Cc1ccc2c(c1)c1cc(C#N)ccc1n2-c1cc(-c2ccncc2)c(-n2c3ccc(C#N)cc3c3cc(C#N)ccc32)cc1C. The minimum Gasteiger partial charge on any atom is -0.309 e. The van der Waals surface area contributed by atoms with Crippen molar-refractivity contribution in [2.24, 2.45) is 0 Å². The molecule has 46 heavy (non-hydrogen) atoms. The maximum atomic E-state index is 9.71. The highest BCUT2D eigenvalue weighted by Gasteiger charge is 2.21. The summed E-state index contributed by atoms with van der Waals surface area (Å²) in [6.07, 6.45) is 3.60. The van der Waals surface area contributed by atoms with Crippen LogP contribution in [0.5, 0.6) is 0 Å². The molecule has 0 atom stereocenters. The van der Waals surface area contributed by atoms with E-state index in [9.17, 15) is 15.8 Å². The molecule has 0 saturated heterocycles. The Kier molecular flexibility index (Phi) is 5.97. The first-order valence-corrected chi connectivity index (χ1v) is 14.9. The molecule has 0 N–H and O–H groups in total. The third-order valence-corrected chi connectivity index (χ3v) is 8.86. The van der Waals surface area contributed by atoms with E-state index in [0.717, 1.165) is 77.2 Å². The summed E-state index contributed by atoms with van der Waals surface area (Å²) in [7, 11) is 0. The van der Waals surface area contributed by atoms with Gasteiger partial charge in [0.05, 0.1) is 62.7 Å². The van der Waals surface area contributed by atoms with Crippen molar-refractivity contribution in [1.29, 1.82) is 15.8 Å². The van der Waals surface area contributed by atoms with Crippen LogP contribution in [-0.4, -0.2) is 14.1 Å². The molecule has 5 aromatic carbocycles. The second kappa shape index (κ2) is 10.2. The predicted molar refractivity (Wildman–Crippen MR) is 182 cm³/mol. The van der Waals surface area contributed by atoms with Crippen molar-refractivity contribution in [2.45, 2.75) is 13.8 Å². The van der Waals surface area contributed by atoms with Gasteiger partial charge in [0.25, 0.3) is 0 Å². The highest BCUT2D eigenvalue weighted by atomic mass is 15.0. The molecule has 0 aliphatic rings. The summed E-state index contributed by atoms with van der Waals surface area (Å²) in [4.78, 5) is 4.30. The number of rotatable bonds is 3. The maximum Gasteiger partial charge on any atom is 0.0991 e. The molecule has 8 rings (SSSR count). The van der Waals surface area contributed by atoms with Gasteiger partial charge in [-0.15, -0.1) is 0 Å². The molecule has 0 aliphatic heterocycles. The first-order chi connectivity index (χ1) is 22.5. The molecule has 0 saturated carbocycles. The Morgan fingerprint density at radius 3 is 1.46 bits per heavy atom. The lowest BCUT2D eigenvalue weighted by molar-refractivity contribution is 1.12. The van der Waals surface area contributed by atoms with Gasteiger partial charge in [0.2, 0.25) is 0 Å². The number of benzene rings is 5. The van der Waals surface area contributed by atoms with Crippen LogP contribution in [0, 0.1) is 47.8 Å². The molecule has 0 aliphatic carbocycles. The monoisotopic (exact) mass is 588 g/mol. The molecule has 0 fully saturated rings. The molecule has 6 heteroatoms. The topological polar surface area (TPSA) is 94.1 Å². The van der Waals surface area contributed by atoms with Crippen LogP contribution >= 0.6 is 0 Å². The number of aryl methyl sites for hydroxylation is 2. The van der Waals surface area contributed by atoms with E-state index in [1.54, 1.807) is 12.4 Å². The number of hydrogen-bond acceptors (Lipinski definition) is 4. The number of nitrogens with zero attached hydrogens (tertiary/aromatic N) is 6. The van der Waals surface area contributed by atoms with Gasteiger partial charge in [-0.2, -0.15) is 15.8 Å². The summed E-state index contributed by atoms with van der Waals surface area (Å²) in [5, 5.41) is 33.1. The summed E-state index contributed by atoms with van der Waals surface area (Å²) in [6, 6.07) is 39.1. The summed E-state index contributed by atoms with van der Waals surface area (Å²) < 4.78 is 4.52. The van der Waals surface area contributed by atoms with E-state index >= 15 is 0 Å². The number of fused-ring (bicyclic) bond motifs is 6. The van der Waals surface area contributed by atoms with Crippen molar-refractivity contribution in [2.75, 3.05) is 0 Å². The molecule has 0 bridgehead atoms. The van der Waals surface area contributed by atoms with Gasteiger partial charge < -0.3 is 9.13 Å². The maximum absolute atomic E-state index is 9.71. The average Bonchev–Trinajstić information content (AvgIpc) is 3.59. The Morgan fingerprint density at radius 2 is 0.957 bits per heavy atom. The molecule has 8 aromatic rings. The summed E-state index contributed by atoms with van der Waals surface area (Å²) in [6.45, 7) is 4.21. The molecule has 3 heterocycles. The van der Waals surface area contributed by atoms with E-state index in [-0.39, 0.29) is 0 Å². The largest absolute Gasteiger partial charge is 0.309 e. The average molecular weight is 589 g/mol. The van der Waals surface area contributed by atoms with Gasteiger partial charge in [-0.1, -0.05) is 11.6 Å². The summed E-state index contributed by atoms with van der Waals surface area (Å²) in [5.41, 5.74) is 12.0. The van der Waals surface area contributed by atoms with Crippen molar-refractivity contribution in [3.8, 4) is 40.7 Å². The first kappa shape index (κ1) is 26.9. The van der Waals surface area contributed by atoms with Gasteiger partial charge in [-0.25, -0.2) is 0 Å². The third kappa shape index (κ3) is 3.97. The highest BCUT2D eigenvalue weighted by molar-refractivity contribution is 6.12. The van der Waals surface area contributed by atoms with Crippen LogP contribution in [0.4, 0.5) is 0 Å². The van der Waals surface area contributed by atoms with Crippen molar-refractivity contribution in [3.05, 3.63) is 137 Å². The zero-order chi connectivity index (χ0) is 31.5. The fourth-order valence-corrected chi connectivity index (χ4v) is 6.76. The van der Waals surface area contributed by atoms with E-state index < -0.39 is 0 Å². The van der Waals surface area contributed by atoms with E-state index in [1.165, 1.54) is 0 Å². The Balaban J connectivity index is 1.50. The third-order valence-electron chi connectivity index (χ3n) is 8.86. The fourth-order valence-electron chi connectivity index (χ4n) is 6.76. The highest BCUT2D eigenvalue weighted by Crippen LogP contribution is 2.41. The second-order valence-corrected chi connectivity index (χ2v) is 11.6. The molecule has 3 aromatic heterocycles. The van der Waals surface area contributed by atoms with Gasteiger partial charge in [-0.3, -0.25) is 4.98 Å². The van der Waals surface area contributed by atoms with Crippen LogP contribution < -0.4 is 0 Å². The minimum absolute atomic E-state index is 0.566. The fraction of sp³-hybridized carbons (Fsp3) is 0.0500. The van der Waals surface area contributed by atoms with Crippen LogP contribution in [0.25, 0.3) is 66.1 Å². The Hall–Kier alpha value is -6.68. The second-order valence-electron chi connectivity index (χ2n) is 11.6. The van der Waals surface area contributed by atoms with E-state index in [2.05, 4.69) is 76.5 Å². The van der Waals surface area contributed by atoms with Crippen molar-refractivity contribution >= 4 is 43.6 Å². The van der Waals surface area contributed by atoms with Gasteiger partial charge in [0.15, 0.2) is 0 Å². The molecule has 0 unspecified atom stereocenters. The molecule has 6 nitrogen and oxygen atoms in total. The lowest BCUT2D eigenvalue weighted by Crippen LogP contribution is -2.03.